The number of thiazole rings is 1. The highest BCUT2D eigenvalue weighted by atomic mass is 32.1. The second-order valence-electron chi connectivity index (χ2n) is 17.2. The molecule has 300 valence electrons. The number of aliphatic hydroxyl groups excluding tert-OH is 2. The summed E-state index contributed by atoms with van der Waals surface area (Å²) < 4.78 is 18.2. The number of rotatable bonds is 9. The van der Waals surface area contributed by atoms with E-state index in [0.29, 0.717) is 31.4 Å². The van der Waals surface area contributed by atoms with E-state index >= 15 is 0 Å². The normalized spacial score (nSPS) is 25.0. The van der Waals surface area contributed by atoms with Crippen molar-refractivity contribution in [1.82, 2.24) is 4.98 Å². The van der Waals surface area contributed by atoms with Gasteiger partial charge in [0.1, 0.15) is 23.5 Å². The summed E-state index contributed by atoms with van der Waals surface area (Å²) in [4.78, 5) is 46.9. The van der Waals surface area contributed by atoms with E-state index in [1.807, 2.05) is 62.5 Å². The second-order valence-corrected chi connectivity index (χ2v) is 22.9. The highest BCUT2D eigenvalue weighted by Crippen LogP contribution is 2.37. The summed E-state index contributed by atoms with van der Waals surface area (Å²) in [6.07, 6.45) is 2.64. The van der Waals surface area contributed by atoms with Gasteiger partial charge < -0.3 is 29.0 Å². The number of ether oxygens (including phenoxy) is 2. The van der Waals surface area contributed by atoms with Crippen molar-refractivity contribution < 1.29 is 38.5 Å². The Labute approximate surface area is 328 Å². The number of Topliss-reactive ketones (excluding diaryl/α,β-unsaturated/α-hetero) is 1. The van der Waals surface area contributed by atoms with Gasteiger partial charge in [0.2, 0.25) is 0 Å². The van der Waals surface area contributed by atoms with Crippen LogP contribution in [0.25, 0.3) is 6.08 Å². The lowest BCUT2D eigenvalue weighted by Crippen LogP contribution is -2.45. The Kier molecular flexibility index (Phi) is 16.0. The number of nitrogens with zero attached hydrogens (tertiary/aromatic N) is 2. The van der Waals surface area contributed by atoms with Crippen molar-refractivity contribution in [3.05, 3.63) is 63.1 Å². The van der Waals surface area contributed by atoms with Gasteiger partial charge in [0.05, 0.1) is 41.9 Å². The van der Waals surface area contributed by atoms with Crippen molar-refractivity contribution in [2.75, 3.05) is 25.6 Å². The molecule has 2 aromatic rings. The lowest BCUT2D eigenvalue weighted by Gasteiger charge is -2.35. The fourth-order valence-electron chi connectivity index (χ4n) is 6.07. The lowest BCUT2D eigenvalue weighted by atomic mass is 9.73. The van der Waals surface area contributed by atoms with Gasteiger partial charge in [-0.2, -0.15) is 0 Å². The number of anilines is 1. The van der Waals surface area contributed by atoms with E-state index in [1.165, 1.54) is 11.3 Å². The molecule has 0 spiro atoms. The summed E-state index contributed by atoms with van der Waals surface area (Å²) in [5.41, 5.74) is 2.34. The van der Waals surface area contributed by atoms with Gasteiger partial charge in [0, 0.05) is 37.5 Å². The third-order valence-corrected chi connectivity index (χ3v) is 16.5. The molecule has 0 unspecified atom stereocenters. The monoisotopic (exact) mass is 784 g/mol. The summed E-state index contributed by atoms with van der Waals surface area (Å²) in [6, 6.07) is 7.23. The maximum absolute atomic E-state index is 13.6. The molecule has 0 aliphatic carbocycles. The molecule has 1 aromatic carbocycles. The maximum atomic E-state index is 13.6. The van der Waals surface area contributed by atoms with E-state index in [-0.39, 0.29) is 29.8 Å². The molecule has 12 heteroatoms. The van der Waals surface area contributed by atoms with Crippen molar-refractivity contribution in [3.8, 4) is 0 Å². The molecule has 0 saturated heterocycles. The van der Waals surface area contributed by atoms with E-state index < -0.39 is 56.3 Å². The molecule has 0 bridgehead atoms. The first-order valence-electron chi connectivity index (χ1n) is 19.0. The van der Waals surface area contributed by atoms with Crippen LogP contribution in [0.2, 0.25) is 18.1 Å². The molecule has 3 rings (SSSR count). The van der Waals surface area contributed by atoms with Gasteiger partial charge in [0.15, 0.2) is 8.32 Å². The first-order chi connectivity index (χ1) is 25.0. The number of aliphatic hydroxyl groups is 2. The van der Waals surface area contributed by atoms with Gasteiger partial charge in [-0.05, 0) is 85.7 Å². The summed E-state index contributed by atoms with van der Waals surface area (Å²) in [5, 5.41) is 25.2. The zero-order valence-electron chi connectivity index (χ0n) is 34.5. The van der Waals surface area contributed by atoms with Gasteiger partial charge >= 0.3 is 11.9 Å². The van der Waals surface area contributed by atoms with E-state index in [0.717, 1.165) is 27.5 Å². The van der Waals surface area contributed by atoms with Crippen molar-refractivity contribution in [3.63, 3.8) is 0 Å². The van der Waals surface area contributed by atoms with Crippen LogP contribution in [0.15, 0.2) is 46.9 Å². The Morgan fingerprint density at radius 2 is 1.83 bits per heavy atom. The highest BCUT2D eigenvalue weighted by Gasteiger charge is 2.42. The molecule has 0 saturated carbocycles. The maximum Gasteiger partial charge on any atom is 0.338 e. The third-order valence-electron chi connectivity index (χ3n) is 11.2. The molecule has 2 heterocycles. The molecular weight excluding hydrogens is 721 g/mol. The summed E-state index contributed by atoms with van der Waals surface area (Å²) in [6.45, 7) is 20.2. The minimum atomic E-state index is -1.96. The fraction of sp³-hybridized carbons (Fsp3) is 0.619. The Hall–Kier alpha value is -3.16. The summed E-state index contributed by atoms with van der Waals surface area (Å²) in [5.74, 6) is -2.38. The molecule has 0 fully saturated rings. The standard InChI is InChI=1S/C42H64N2O8SSi/c1-27-15-13-16-30(24-50-40(49)31-17-14-18-33(22-31)44(9)10)19-20-34(52-37(46)23-35(45)42(7,8)39(48)29(3)38(27)47)28(2)21-32-26-53-36(43-32)25-51-54(11,12)41(4,5)6/h14,17-19,21-22,26-27,29,34-35,38,45,47H,13,15-16,20,23-25H2,1-12H3/b28-21+,30-19+/t27-,29+,34-,35-,38-/m0/s1. The quantitative estimate of drug-likeness (QED) is 0.145. The van der Waals surface area contributed by atoms with E-state index in [2.05, 4.69) is 33.9 Å². The van der Waals surface area contributed by atoms with Gasteiger partial charge in [-0.15, -0.1) is 11.3 Å². The van der Waals surface area contributed by atoms with Crippen molar-refractivity contribution >= 4 is 49.1 Å². The topological polar surface area (TPSA) is 135 Å². The van der Waals surface area contributed by atoms with Gasteiger partial charge in [-0.1, -0.05) is 60.6 Å². The Balaban J connectivity index is 1.94. The summed E-state index contributed by atoms with van der Waals surface area (Å²) >= 11 is 1.52. The van der Waals surface area contributed by atoms with Gasteiger partial charge in [0.25, 0.3) is 0 Å². The zero-order valence-corrected chi connectivity index (χ0v) is 36.3. The van der Waals surface area contributed by atoms with Crippen molar-refractivity contribution in [2.24, 2.45) is 17.3 Å². The molecule has 10 nitrogen and oxygen atoms in total. The average molecular weight is 785 g/mol. The number of esters is 2. The van der Waals surface area contributed by atoms with Crippen LogP contribution in [0.3, 0.4) is 0 Å². The largest absolute Gasteiger partial charge is 0.458 e. The Bertz CT molecular complexity index is 1660. The van der Waals surface area contributed by atoms with Crippen LogP contribution in [0, 0.1) is 17.3 Å². The molecule has 1 aliphatic rings. The van der Waals surface area contributed by atoms with Gasteiger partial charge in [-0.25, -0.2) is 9.78 Å². The number of carbonyl (C=O) groups is 3. The van der Waals surface area contributed by atoms with Crippen molar-refractivity contribution in [2.45, 2.75) is 131 Å². The average Bonchev–Trinajstić information content (AvgIpc) is 3.55. The number of aromatic nitrogens is 1. The predicted molar refractivity (Wildman–Crippen MR) is 219 cm³/mol. The number of hydrogen-bond acceptors (Lipinski definition) is 11. The van der Waals surface area contributed by atoms with Crippen LogP contribution in [-0.2, 0) is 30.1 Å². The number of carbonyl (C=O) groups excluding carboxylic acids is 3. The zero-order chi connectivity index (χ0) is 40.6. The van der Waals surface area contributed by atoms with E-state index in [4.69, 9.17) is 18.9 Å². The smallest absolute Gasteiger partial charge is 0.338 e. The van der Waals surface area contributed by atoms with E-state index in [9.17, 15) is 24.6 Å². The Morgan fingerprint density at radius 1 is 1.15 bits per heavy atom. The third kappa shape index (κ3) is 12.4. The van der Waals surface area contributed by atoms with Crippen LogP contribution in [-0.4, -0.2) is 80.3 Å². The van der Waals surface area contributed by atoms with Crippen LogP contribution in [0.4, 0.5) is 5.69 Å². The predicted octanol–water partition coefficient (Wildman–Crippen LogP) is 8.38. The minimum absolute atomic E-state index is 0.0385. The summed E-state index contributed by atoms with van der Waals surface area (Å²) in [7, 11) is 1.85. The SMILES string of the molecule is C/C(=C\c1csc(CO[Si](C)(C)C(C)(C)C)n1)[C@@H]1C/C=C(/COC(=O)c2cccc(N(C)C)c2)CCC[C@H](C)[C@H](O)[C@@H](C)C(=O)C(C)(C)[C@@H](O)CC(=O)O1. The van der Waals surface area contributed by atoms with E-state index in [1.54, 1.807) is 32.9 Å². The molecular formula is C42H64N2O8SSi. The Morgan fingerprint density at radius 3 is 2.48 bits per heavy atom. The molecule has 1 aliphatic heterocycles. The van der Waals surface area contributed by atoms with Crippen LogP contribution < -0.4 is 4.90 Å². The molecule has 0 radical (unpaired) electrons. The first-order valence-corrected chi connectivity index (χ1v) is 22.8. The number of cyclic esters (lactones) is 1. The number of ketones is 1. The molecule has 5 atom stereocenters. The molecule has 54 heavy (non-hydrogen) atoms. The van der Waals surface area contributed by atoms with Crippen LogP contribution in [0.1, 0.15) is 109 Å². The first kappa shape index (κ1) is 45.2. The van der Waals surface area contributed by atoms with Crippen molar-refractivity contribution in [1.29, 1.82) is 0 Å². The molecule has 2 N–H and O–H groups in total. The fourth-order valence-corrected chi connectivity index (χ4v) is 7.77. The lowest BCUT2D eigenvalue weighted by molar-refractivity contribution is -0.154. The highest BCUT2D eigenvalue weighted by molar-refractivity contribution is 7.09. The molecule has 0 amide bonds. The van der Waals surface area contributed by atoms with Crippen LogP contribution in [0.5, 0.6) is 0 Å². The van der Waals surface area contributed by atoms with Gasteiger partial charge in [-0.3, -0.25) is 9.59 Å². The minimum Gasteiger partial charge on any atom is -0.458 e. The van der Waals surface area contributed by atoms with Crippen LogP contribution >= 0.6 is 11.3 Å². The second kappa shape index (κ2) is 19.1. The number of benzene rings is 1. The molecule has 1 aromatic heterocycles. The number of hydrogen-bond donors (Lipinski definition) is 2.